The van der Waals surface area contributed by atoms with E-state index in [1.165, 1.54) is 0 Å². The number of hydrogen-bond donors (Lipinski definition) is 1. The Morgan fingerprint density at radius 3 is 2.48 bits per heavy atom. The molecule has 1 aliphatic heterocycles. The number of nitrogens with zero attached hydrogens (tertiary/aromatic N) is 1. The average Bonchev–Trinajstić information content (AvgIpc) is 2.45. The largest absolute Gasteiger partial charge is 0.497 e. The van der Waals surface area contributed by atoms with Crippen molar-refractivity contribution in [2.24, 2.45) is 5.41 Å². The molecule has 0 aromatic heterocycles. The van der Waals surface area contributed by atoms with Crippen molar-refractivity contribution >= 4 is 5.69 Å². The Kier molecular flexibility index (Phi) is 4.67. The van der Waals surface area contributed by atoms with Crippen LogP contribution in [0.3, 0.4) is 0 Å². The van der Waals surface area contributed by atoms with Crippen LogP contribution < -0.4 is 19.7 Å². The van der Waals surface area contributed by atoms with Gasteiger partial charge in [0.1, 0.15) is 11.5 Å². The monoisotopic (exact) mass is 292 g/mol. The standard InChI is InChI=1S/C17H28N2O2/c1-12-10-18-16(17(2,3)4)11-19(12)14-9-13(20-5)7-8-15(14)21-6/h7-9,12,16,18H,10-11H2,1-6H3. The first-order chi connectivity index (χ1) is 9.86. The fourth-order valence-electron chi connectivity index (χ4n) is 2.80. The van der Waals surface area contributed by atoms with Crippen molar-refractivity contribution in [1.82, 2.24) is 5.32 Å². The minimum absolute atomic E-state index is 0.227. The topological polar surface area (TPSA) is 33.7 Å². The zero-order chi connectivity index (χ0) is 15.6. The van der Waals surface area contributed by atoms with E-state index >= 15 is 0 Å². The molecule has 1 heterocycles. The number of methoxy groups -OCH3 is 2. The second-order valence-electron chi connectivity index (χ2n) is 6.87. The first kappa shape index (κ1) is 16.0. The Hall–Kier alpha value is -1.42. The van der Waals surface area contributed by atoms with Crippen LogP contribution in [-0.4, -0.2) is 39.4 Å². The summed E-state index contributed by atoms with van der Waals surface area (Å²) in [7, 11) is 3.42. The Morgan fingerprint density at radius 1 is 1.19 bits per heavy atom. The van der Waals surface area contributed by atoms with Gasteiger partial charge in [-0.2, -0.15) is 0 Å². The third kappa shape index (κ3) is 3.43. The lowest BCUT2D eigenvalue weighted by Gasteiger charge is -2.45. The van der Waals surface area contributed by atoms with Crippen LogP contribution in [0, 0.1) is 5.41 Å². The molecule has 0 radical (unpaired) electrons. The molecule has 0 saturated carbocycles. The van der Waals surface area contributed by atoms with E-state index in [4.69, 9.17) is 9.47 Å². The normalized spacial score (nSPS) is 23.0. The van der Waals surface area contributed by atoms with Gasteiger partial charge in [0.25, 0.3) is 0 Å². The highest BCUT2D eigenvalue weighted by Crippen LogP contribution is 2.35. The fourth-order valence-corrected chi connectivity index (χ4v) is 2.80. The van der Waals surface area contributed by atoms with Crippen molar-refractivity contribution in [3.05, 3.63) is 18.2 Å². The zero-order valence-corrected chi connectivity index (χ0v) is 14.1. The maximum Gasteiger partial charge on any atom is 0.142 e. The Bertz CT molecular complexity index is 482. The maximum atomic E-state index is 5.55. The number of ether oxygens (including phenoxy) is 2. The summed E-state index contributed by atoms with van der Waals surface area (Å²) in [6.07, 6.45) is 0. The first-order valence-electron chi connectivity index (χ1n) is 7.59. The summed E-state index contributed by atoms with van der Waals surface area (Å²) in [5.41, 5.74) is 1.34. The van der Waals surface area contributed by atoms with E-state index in [1.807, 2.05) is 12.1 Å². The molecule has 0 bridgehead atoms. The van der Waals surface area contributed by atoms with Crippen molar-refractivity contribution in [3.8, 4) is 11.5 Å². The van der Waals surface area contributed by atoms with E-state index < -0.39 is 0 Å². The van der Waals surface area contributed by atoms with Crippen LogP contribution in [-0.2, 0) is 0 Å². The second-order valence-corrected chi connectivity index (χ2v) is 6.87. The molecule has 1 aromatic carbocycles. The molecule has 2 unspecified atom stereocenters. The third-order valence-corrected chi connectivity index (χ3v) is 4.31. The van der Waals surface area contributed by atoms with E-state index in [-0.39, 0.29) is 5.41 Å². The van der Waals surface area contributed by atoms with Crippen molar-refractivity contribution < 1.29 is 9.47 Å². The molecular weight excluding hydrogens is 264 g/mol. The third-order valence-electron chi connectivity index (χ3n) is 4.31. The quantitative estimate of drug-likeness (QED) is 0.929. The predicted molar refractivity (Wildman–Crippen MR) is 87.6 cm³/mol. The molecule has 2 rings (SSSR count). The lowest BCUT2D eigenvalue weighted by molar-refractivity contribution is 0.238. The highest BCUT2D eigenvalue weighted by atomic mass is 16.5. The summed E-state index contributed by atoms with van der Waals surface area (Å²) >= 11 is 0. The molecule has 1 fully saturated rings. The van der Waals surface area contributed by atoms with Gasteiger partial charge in [-0.15, -0.1) is 0 Å². The van der Waals surface area contributed by atoms with E-state index in [2.05, 4.69) is 44.0 Å². The van der Waals surface area contributed by atoms with Gasteiger partial charge in [0.05, 0.1) is 19.9 Å². The SMILES string of the molecule is COc1ccc(OC)c(N2CC(C(C)(C)C)NCC2C)c1. The molecule has 1 N–H and O–H groups in total. The summed E-state index contributed by atoms with van der Waals surface area (Å²) in [5.74, 6) is 1.76. The lowest BCUT2D eigenvalue weighted by Crippen LogP contribution is -2.59. The van der Waals surface area contributed by atoms with E-state index in [0.29, 0.717) is 12.1 Å². The van der Waals surface area contributed by atoms with Gasteiger partial charge in [-0.05, 0) is 24.5 Å². The molecule has 0 spiro atoms. The van der Waals surface area contributed by atoms with Crippen molar-refractivity contribution in [2.75, 3.05) is 32.2 Å². The number of piperazine rings is 1. The van der Waals surface area contributed by atoms with Crippen LogP contribution in [0.1, 0.15) is 27.7 Å². The minimum Gasteiger partial charge on any atom is -0.497 e. The number of rotatable bonds is 3. The van der Waals surface area contributed by atoms with Crippen LogP contribution in [0.2, 0.25) is 0 Å². The molecule has 0 aliphatic carbocycles. The summed E-state index contributed by atoms with van der Waals surface area (Å²) in [6.45, 7) is 11.0. The van der Waals surface area contributed by atoms with E-state index in [1.54, 1.807) is 14.2 Å². The molecule has 0 amide bonds. The molecular formula is C17H28N2O2. The van der Waals surface area contributed by atoms with Crippen LogP contribution in [0.15, 0.2) is 18.2 Å². The molecule has 2 atom stereocenters. The number of hydrogen-bond acceptors (Lipinski definition) is 4. The lowest BCUT2D eigenvalue weighted by atomic mass is 9.84. The van der Waals surface area contributed by atoms with Gasteiger partial charge in [0.15, 0.2) is 0 Å². The van der Waals surface area contributed by atoms with Crippen LogP contribution in [0.5, 0.6) is 11.5 Å². The van der Waals surface area contributed by atoms with E-state index in [0.717, 1.165) is 30.3 Å². The van der Waals surface area contributed by atoms with Crippen molar-refractivity contribution in [2.45, 2.75) is 39.8 Å². The number of anilines is 1. The fraction of sp³-hybridized carbons (Fsp3) is 0.647. The summed E-state index contributed by atoms with van der Waals surface area (Å²) in [6, 6.07) is 6.86. The molecule has 1 saturated heterocycles. The number of benzene rings is 1. The van der Waals surface area contributed by atoms with Crippen LogP contribution in [0.4, 0.5) is 5.69 Å². The van der Waals surface area contributed by atoms with Crippen molar-refractivity contribution in [3.63, 3.8) is 0 Å². The van der Waals surface area contributed by atoms with Gasteiger partial charge in [-0.1, -0.05) is 20.8 Å². The van der Waals surface area contributed by atoms with Gasteiger partial charge in [-0.3, -0.25) is 0 Å². The molecule has 21 heavy (non-hydrogen) atoms. The number of nitrogens with one attached hydrogen (secondary N) is 1. The molecule has 4 heteroatoms. The molecule has 1 aliphatic rings. The summed E-state index contributed by atoms with van der Waals surface area (Å²) < 4.78 is 10.9. The predicted octanol–water partition coefficient (Wildman–Crippen LogP) is 2.92. The Labute approximate surface area is 128 Å². The summed E-state index contributed by atoms with van der Waals surface area (Å²) in [5, 5.41) is 3.66. The van der Waals surface area contributed by atoms with Crippen molar-refractivity contribution in [1.29, 1.82) is 0 Å². The van der Waals surface area contributed by atoms with Gasteiger partial charge >= 0.3 is 0 Å². The Morgan fingerprint density at radius 2 is 1.90 bits per heavy atom. The van der Waals surface area contributed by atoms with Crippen LogP contribution in [0.25, 0.3) is 0 Å². The average molecular weight is 292 g/mol. The zero-order valence-electron chi connectivity index (χ0n) is 14.1. The van der Waals surface area contributed by atoms with Gasteiger partial charge in [0.2, 0.25) is 0 Å². The highest BCUT2D eigenvalue weighted by Gasteiger charge is 2.33. The highest BCUT2D eigenvalue weighted by molar-refractivity contribution is 5.62. The van der Waals surface area contributed by atoms with E-state index in [9.17, 15) is 0 Å². The second kappa shape index (κ2) is 6.14. The van der Waals surface area contributed by atoms with Gasteiger partial charge < -0.3 is 19.7 Å². The maximum absolute atomic E-state index is 5.55. The van der Waals surface area contributed by atoms with Gasteiger partial charge in [-0.25, -0.2) is 0 Å². The molecule has 118 valence electrons. The summed E-state index contributed by atoms with van der Waals surface area (Å²) in [4.78, 5) is 2.42. The van der Waals surface area contributed by atoms with Gasteiger partial charge in [0, 0.05) is 31.2 Å². The molecule has 4 nitrogen and oxygen atoms in total. The Balaban J connectivity index is 2.33. The first-order valence-corrected chi connectivity index (χ1v) is 7.59. The smallest absolute Gasteiger partial charge is 0.142 e. The van der Waals surface area contributed by atoms with Crippen LogP contribution >= 0.6 is 0 Å². The minimum atomic E-state index is 0.227. The molecule has 1 aromatic rings.